The number of rotatable bonds is 6. The molecule has 28 heavy (non-hydrogen) atoms. The second-order valence-electron chi connectivity index (χ2n) is 6.72. The molecule has 1 N–H and O–H groups in total. The predicted molar refractivity (Wildman–Crippen MR) is 115 cm³/mol. The minimum absolute atomic E-state index is 0.756. The predicted octanol–water partition coefficient (Wildman–Crippen LogP) is 2.64. The fraction of sp³-hybridized carbons (Fsp3) is 0.409. The van der Waals surface area contributed by atoms with Crippen molar-refractivity contribution >= 4 is 11.6 Å². The van der Waals surface area contributed by atoms with Crippen LogP contribution in [-0.4, -0.2) is 64.9 Å². The Kier molecular flexibility index (Phi) is 7.00. The highest BCUT2D eigenvalue weighted by molar-refractivity contribution is 5.80. The average Bonchev–Trinajstić information content (AvgIpc) is 2.77. The molecule has 0 saturated carbocycles. The molecule has 0 aliphatic carbocycles. The van der Waals surface area contributed by atoms with Crippen molar-refractivity contribution in [1.29, 1.82) is 0 Å². The minimum atomic E-state index is 0.756. The Hall–Kier alpha value is -2.89. The summed E-state index contributed by atoms with van der Waals surface area (Å²) in [5, 5.41) is 3.49. The Morgan fingerprint density at radius 1 is 0.964 bits per heavy atom. The number of benzene rings is 2. The molecule has 1 saturated heterocycles. The molecule has 6 nitrogen and oxygen atoms in total. The molecule has 0 spiro atoms. The van der Waals surface area contributed by atoms with Gasteiger partial charge in [-0.15, -0.1) is 0 Å². The molecule has 3 rings (SSSR count). The standard InChI is InChI=1S/C22H30N4O2/c1-23-22(24-12-11-18-9-10-20(27-2)21(17-18)28-3)26-15-13-25(14-16-26)19-7-5-4-6-8-19/h4-10,17H,11-16H2,1-3H3,(H,23,24). The van der Waals surface area contributed by atoms with E-state index in [-0.39, 0.29) is 0 Å². The van der Waals surface area contributed by atoms with E-state index < -0.39 is 0 Å². The third-order valence-corrected chi connectivity index (χ3v) is 5.06. The molecule has 1 aliphatic rings. The van der Waals surface area contributed by atoms with E-state index in [4.69, 9.17) is 9.47 Å². The number of hydrogen-bond acceptors (Lipinski definition) is 4. The Labute approximate surface area is 167 Å². The van der Waals surface area contributed by atoms with Gasteiger partial charge in [0.05, 0.1) is 14.2 Å². The molecule has 1 aliphatic heterocycles. The topological polar surface area (TPSA) is 49.3 Å². The molecule has 0 atom stereocenters. The molecule has 0 amide bonds. The van der Waals surface area contributed by atoms with Gasteiger partial charge in [0.15, 0.2) is 17.5 Å². The van der Waals surface area contributed by atoms with E-state index in [1.54, 1.807) is 14.2 Å². The number of nitrogens with zero attached hydrogens (tertiary/aromatic N) is 3. The molecule has 0 radical (unpaired) electrons. The largest absolute Gasteiger partial charge is 0.493 e. The molecule has 1 fully saturated rings. The van der Waals surface area contributed by atoms with Crippen LogP contribution in [0.25, 0.3) is 0 Å². The van der Waals surface area contributed by atoms with Crippen molar-refractivity contribution in [2.24, 2.45) is 4.99 Å². The molecule has 2 aromatic carbocycles. The molecule has 0 aromatic heterocycles. The number of ether oxygens (including phenoxy) is 2. The van der Waals surface area contributed by atoms with E-state index in [0.29, 0.717) is 0 Å². The van der Waals surface area contributed by atoms with Gasteiger partial charge in [0.2, 0.25) is 0 Å². The zero-order valence-electron chi connectivity index (χ0n) is 17.0. The first kappa shape index (κ1) is 19.9. The summed E-state index contributed by atoms with van der Waals surface area (Å²) in [6.07, 6.45) is 0.892. The number of piperazine rings is 1. The van der Waals surface area contributed by atoms with E-state index in [2.05, 4.69) is 56.5 Å². The van der Waals surface area contributed by atoms with Gasteiger partial charge in [0, 0.05) is 45.5 Å². The van der Waals surface area contributed by atoms with Crippen molar-refractivity contribution in [3.8, 4) is 11.5 Å². The Bertz CT molecular complexity index is 771. The van der Waals surface area contributed by atoms with Gasteiger partial charge in [-0.2, -0.15) is 0 Å². The first-order valence-corrected chi connectivity index (χ1v) is 9.71. The summed E-state index contributed by atoms with van der Waals surface area (Å²) in [7, 11) is 5.17. The summed E-state index contributed by atoms with van der Waals surface area (Å²) in [4.78, 5) is 9.22. The van der Waals surface area contributed by atoms with E-state index in [9.17, 15) is 0 Å². The number of hydrogen-bond donors (Lipinski definition) is 1. The van der Waals surface area contributed by atoms with Crippen LogP contribution < -0.4 is 19.7 Å². The zero-order valence-corrected chi connectivity index (χ0v) is 17.0. The van der Waals surface area contributed by atoms with Gasteiger partial charge in [-0.25, -0.2) is 0 Å². The Morgan fingerprint density at radius 2 is 1.68 bits per heavy atom. The van der Waals surface area contributed by atoms with E-state index in [0.717, 1.165) is 56.6 Å². The fourth-order valence-corrected chi connectivity index (χ4v) is 3.50. The molecule has 150 valence electrons. The van der Waals surface area contributed by atoms with Crippen LogP contribution in [-0.2, 0) is 6.42 Å². The third-order valence-electron chi connectivity index (χ3n) is 5.06. The van der Waals surface area contributed by atoms with Crippen molar-refractivity contribution in [3.05, 3.63) is 54.1 Å². The molecular weight excluding hydrogens is 352 g/mol. The van der Waals surface area contributed by atoms with Gasteiger partial charge in [0.25, 0.3) is 0 Å². The summed E-state index contributed by atoms with van der Waals surface area (Å²) in [5.74, 6) is 2.49. The van der Waals surface area contributed by atoms with Crippen molar-refractivity contribution in [2.45, 2.75) is 6.42 Å². The molecular formula is C22H30N4O2. The summed E-state index contributed by atoms with van der Waals surface area (Å²) < 4.78 is 10.7. The maximum Gasteiger partial charge on any atom is 0.193 e. The normalized spacial score (nSPS) is 14.8. The van der Waals surface area contributed by atoms with E-state index in [1.807, 2.05) is 19.2 Å². The van der Waals surface area contributed by atoms with E-state index >= 15 is 0 Å². The second kappa shape index (κ2) is 9.88. The first-order chi connectivity index (χ1) is 13.7. The van der Waals surface area contributed by atoms with E-state index in [1.165, 1.54) is 11.3 Å². The Morgan fingerprint density at radius 3 is 2.32 bits per heavy atom. The number of para-hydroxylation sites is 1. The van der Waals surface area contributed by atoms with Crippen LogP contribution >= 0.6 is 0 Å². The molecule has 2 aromatic rings. The lowest BCUT2D eigenvalue weighted by Crippen LogP contribution is -2.52. The van der Waals surface area contributed by atoms with Crippen LogP contribution in [0.15, 0.2) is 53.5 Å². The summed E-state index contributed by atoms with van der Waals surface area (Å²) in [5.41, 5.74) is 2.49. The number of aliphatic imine (C=N–C) groups is 1. The highest BCUT2D eigenvalue weighted by Crippen LogP contribution is 2.27. The van der Waals surface area contributed by atoms with Crippen molar-refractivity contribution in [1.82, 2.24) is 10.2 Å². The van der Waals surface area contributed by atoms with Crippen molar-refractivity contribution in [3.63, 3.8) is 0 Å². The van der Waals surface area contributed by atoms with Crippen molar-refractivity contribution < 1.29 is 9.47 Å². The minimum Gasteiger partial charge on any atom is -0.493 e. The lowest BCUT2D eigenvalue weighted by Gasteiger charge is -2.37. The fourth-order valence-electron chi connectivity index (χ4n) is 3.50. The summed E-state index contributed by atoms with van der Waals surface area (Å²) in [6, 6.07) is 16.6. The van der Waals surface area contributed by atoms with Crippen LogP contribution in [0.2, 0.25) is 0 Å². The summed E-state index contributed by atoms with van der Waals surface area (Å²) >= 11 is 0. The quantitative estimate of drug-likeness (QED) is 0.615. The van der Waals surface area contributed by atoms with Gasteiger partial charge >= 0.3 is 0 Å². The number of methoxy groups -OCH3 is 2. The molecule has 6 heteroatoms. The maximum atomic E-state index is 5.39. The lowest BCUT2D eigenvalue weighted by atomic mass is 10.1. The average molecular weight is 383 g/mol. The highest BCUT2D eigenvalue weighted by Gasteiger charge is 2.19. The smallest absolute Gasteiger partial charge is 0.193 e. The second-order valence-corrected chi connectivity index (χ2v) is 6.72. The molecule has 0 bridgehead atoms. The van der Waals surface area contributed by atoms with Crippen LogP contribution in [0.3, 0.4) is 0 Å². The number of nitrogens with one attached hydrogen (secondary N) is 1. The van der Waals surface area contributed by atoms with Crippen LogP contribution in [0.1, 0.15) is 5.56 Å². The molecule has 0 unspecified atom stereocenters. The maximum absolute atomic E-state index is 5.39. The lowest BCUT2D eigenvalue weighted by molar-refractivity contribution is 0.354. The number of anilines is 1. The zero-order chi connectivity index (χ0) is 19.8. The van der Waals surface area contributed by atoms with Crippen LogP contribution in [0.5, 0.6) is 11.5 Å². The van der Waals surface area contributed by atoms with Gasteiger partial charge < -0.3 is 24.6 Å². The van der Waals surface area contributed by atoms with Crippen LogP contribution in [0.4, 0.5) is 5.69 Å². The summed E-state index contributed by atoms with van der Waals surface area (Å²) in [6.45, 7) is 4.75. The van der Waals surface area contributed by atoms with Gasteiger partial charge in [0.1, 0.15) is 0 Å². The third kappa shape index (κ3) is 4.88. The highest BCUT2D eigenvalue weighted by atomic mass is 16.5. The number of guanidine groups is 1. The van der Waals surface area contributed by atoms with Gasteiger partial charge in [-0.3, -0.25) is 4.99 Å². The first-order valence-electron chi connectivity index (χ1n) is 9.71. The van der Waals surface area contributed by atoms with Crippen molar-refractivity contribution in [2.75, 3.05) is 58.9 Å². The SMILES string of the molecule is CN=C(NCCc1ccc(OC)c(OC)c1)N1CCN(c2ccccc2)CC1. The van der Waals surface area contributed by atoms with Crippen LogP contribution in [0, 0.1) is 0 Å². The molecule has 1 heterocycles. The van der Waals surface area contributed by atoms with Gasteiger partial charge in [-0.1, -0.05) is 24.3 Å². The monoisotopic (exact) mass is 382 g/mol. The van der Waals surface area contributed by atoms with Gasteiger partial charge in [-0.05, 0) is 36.2 Å². The Balaban J connectivity index is 1.49.